The van der Waals surface area contributed by atoms with Gasteiger partial charge in [0.2, 0.25) is 0 Å². The molecule has 1 rings (SSSR count). The van der Waals surface area contributed by atoms with Crippen LogP contribution < -0.4 is 10.6 Å². The van der Waals surface area contributed by atoms with E-state index < -0.39 is 11.7 Å². The van der Waals surface area contributed by atoms with Crippen LogP contribution in [0.3, 0.4) is 0 Å². The predicted octanol–water partition coefficient (Wildman–Crippen LogP) is 3.30. The van der Waals surface area contributed by atoms with Crippen molar-refractivity contribution in [3.8, 4) is 0 Å². The van der Waals surface area contributed by atoms with E-state index in [-0.39, 0.29) is 11.2 Å². The minimum Gasteiger partial charge on any atom is -0.356 e. The van der Waals surface area contributed by atoms with Gasteiger partial charge in [-0.15, -0.1) is 0 Å². The van der Waals surface area contributed by atoms with Crippen molar-refractivity contribution in [3.05, 3.63) is 23.9 Å². The fourth-order valence-electron chi connectivity index (χ4n) is 1.98. The van der Waals surface area contributed by atoms with Crippen molar-refractivity contribution in [2.45, 2.75) is 33.4 Å². The van der Waals surface area contributed by atoms with Crippen molar-refractivity contribution in [2.75, 3.05) is 24.5 Å². The molecule has 1 aromatic rings. The zero-order chi connectivity index (χ0) is 15.4. The monoisotopic (exact) mass is 289 g/mol. The van der Waals surface area contributed by atoms with Gasteiger partial charge in [0.15, 0.2) is 0 Å². The predicted molar refractivity (Wildman–Crippen MR) is 74.6 cm³/mol. The molecule has 0 radical (unpaired) electrons. The largest absolute Gasteiger partial charge is 0.419 e. The number of aromatic nitrogens is 1. The number of anilines is 1. The molecule has 0 saturated heterocycles. The Morgan fingerprint density at radius 2 is 1.95 bits per heavy atom. The highest BCUT2D eigenvalue weighted by atomic mass is 19.4. The quantitative estimate of drug-likeness (QED) is 0.873. The Bertz CT molecular complexity index is 430. The Hall–Kier alpha value is -1.30. The number of hydrogen-bond donors (Lipinski definition) is 1. The second-order valence-electron chi connectivity index (χ2n) is 5.66. The van der Waals surface area contributed by atoms with E-state index in [1.165, 1.54) is 12.3 Å². The van der Waals surface area contributed by atoms with Crippen LogP contribution in [0.1, 0.15) is 32.8 Å². The molecular weight excluding hydrogens is 267 g/mol. The lowest BCUT2D eigenvalue weighted by atomic mass is 9.93. The molecule has 0 atom stereocenters. The third kappa shape index (κ3) is 4.37. The van der Waals surface area contributed by atoms with Gasteiger partial charge >= 0.3 is 6.18 Å². The fourth-order valence-corrected chi connectivity index (χ4v) is 1.98. The maximum atomic E-state index is 13.1. The van der Waals surface area contributed by atoms with Crippen molar-refractivity contribution in [3.63, 3.8) is 0 Å². The zero-order valence-electron chi connectivity index (χ0n) is 12.2. The number of alkyl halides is 3. The molecule has 6 heteroatoms. The summed E-state index contributed by atoms with van der Waals surface area (Å²) < 4.78 is 39.2. The Kier molecular flexibility index (Phi) is 5.39. The van der Waals surface area contributed by atoms with Gasteiger partial charge in [0.25, 0.3) is 0 Å². The van der Waals surface area contributed by atoms with Crippen LogP contribution in [-0.2, 0) is 6.18 Å². The Labute approximate surface area is 118 Å². The summed E-state index contributed by atoms with van der Waals surface area (Å²) in [4.78, 5) is 5.62. The summed E-state index contributed by atoms with van der Waals surface area (Å²) in [7, 11) is 0. The van der Waals surface area contributed by atoms with Crippen LogP contribution in [0.25, 0.3) is 0 Å². The van der Waals surface area contributed by atoms with E-state index in [0.29, 0.717) is 19.6 Å². The highest BCUT2D eigenvalue weighted by Crippen LogP contribution is 2.36. The molecule has 0 aliphatic heterocycles. The second-order valence-corrected chi connectivity index (χ2v) is 5.66. The first-order chi connectivity index (χ1) is 9.21. The number of hydrogen-bond acceptors (Lipinski definition) is 3. The average Bonchev–Trinajstić information content (AvgIpc) is 2.37. The van der Waals surface area contributed by atoms with Crippen molar-refractivity contribution < 1.29 is 13.2 Å². The van der Waals surface area contributed by atoms with E-state index in [9.17, 15) is 13.2 Å². The van der Waals surface area contributed by atoms with E-state index in [1.54, 1.807) is 4.90 Å². The third-order valence-electron chi connectivity index (χ3n) is 3.06. The lowest BCUT2D eigenvalue weighted by Crippen LogP contribution is -2.40. The summed E-state index contributed by atoms with van der Waals surface area (Å²) in [6.45, 7) is 7.17. The Morgan fingerprint density at radius 1 is 1.30 bits per heavy atom. The van der Waals surface area contributed by atoms with E-state index in [0.717, 1.165) is 12.5 Å². The first-order valence-corrected chi connectivity index (χ1v) is 6.68. The van der Waals surface area contributed by atoms with Crippen LogP contribution >= 0.6 is 0 Å². The van der Waals surface area contributed by atoms with E-state index in [1.807, 2.05) is 20.8 Å². The fraction of sp³-hybridized carbons (Fsp3) is 0.643. The molecule has 2 N–H and O–H groups in total. The van der Waals surface area contributed by atoms with Crippen LogP contribution in [0.5, 0.6) is 0 Å². The number of halogens is 3. The highest BCUT2D eigenvalue weighted by molar-refractivity contribution is 5.48. The molecule has 0 saturated carbocycles. The number of nitrogens with zero attached hydrogens (tertiary/aromatic N) is 2. The van der Waals surface area contributed by atoms with Gasteiger partial charge in [0.1, 0.15) is 5.82 Å². The summed E-state index contributed by atoms with van der Waals surface area (Å²) in [6.07, 6.45) is -2.26. The molecule has 20 heavy (non-hydrogen) atoms. The lowest BCUT2D eigenvalue weighted by molar-refractivity contribution is -0.137. The normalized spacial score (nSPS) is 12.6. The molecule has 0 unspecified atom stereocenters. The number of pyridine rings is 1. The Balaban J connectivity index is 3.16. The zero-order valence-corrected chi connectivity index (χ0v) is 12.2. The molecule has 0 amide bonds. The third-order valence-corrected chi connectivity index (χ3v) is 3.06. The molecule has 0 fully saturated rings. The molecule has 1 heterocycles. The second kappa shape index (κ2) is 6.43. The van der Waals surface area contributed by atoms with Gasteiger partial charge in [-0.3, -0.25) is 0 Å². The minimum absolute atomic E-state index is 0.0108. The molecule has 0 aliphatic rings. The summed E-state index contributed by atoms with van der Waals surface area (Å²) >= 11 is 0. The van der Waals surface area contributed by atoms with E-state index >= 15 is 0 Å². The van der Waals surface area contributed by atoms with Crippen LogP contribution in [-0.4, -0.2) is 24.6 Å². The molecule has 114 valence electrons. The van der Waals surface area contributed by atoms with Gasteiger partial charge in [-0.05, 0) is 30.5 Å². The minimum atomic E-state index is -4.40. The van der Waals surface area contributed by atoms with Crippen LogP contribution in [0, 0.1) is 5.41 Å². The lowest BCUT2D eigenvalue weighted by Gasteiger charge is -2.33. The summed E-state index contributed by atoms with van der Waals surface area (Å²) in [5, 5.41) is 0. The van der Waals surface area contributed by atoms with Crippen molar-refractivity contribution in [1.82, 2.24) is 4.98 Å². The molecule has 0 bridgehead atoms. The first kappa shape index (κ1) is 16.8. The molecule has 1 aromatic heterocycles. The van der Waals surface area contributed by atoms with Gasteiger partial charge in [-0.25, -0.2) is 4.98 Å². The van der Waals surface area contributed by atoms with Crippen LogP contribution in [0.15, 0.2) is 18.3 Å². The standard InChI is InChI=1S/C14H22F3N3/c1-4-8-20(10-13(2,3)9-18)12-11(14(15,16)17)6-5-7-19-12/h5-7H,4,8-10,18H2,1-3H3. The molecule has 3 nitrogen and oxygen atoms in total. The smallest absolute Gasteiger partial charge is 0.356 e. The van der Waals surface area contributed by atoms with Gasteiger partial charge in [-0.2, -0.15) is 13.2 Å². The summed E-state index contributed by atoms with van der Waals surface area (Å²) in [5.41, 5.74) is 4.72. The van der Waals surface area contributed by atoms with E-state index in [4.69, 9.17) is 5.73 Å². The highest BCUT2D eigenvalue weighted by Gasteiger charge is 2.36. The molecule has 0 spiro atoms. The van der Waals surface area contributed by atoms with Crippen molar-refractivity contribution >= 4 is 5.82 Å². The maximum absolute atomic E-state index is 13.1. The Morgan fingerprint density at radius 3 is 2.45 bits per heavy atom. The SMILES string of the molecule is CCCN(CC(C)(C)CN)c1ncccc1C(F)(F)F. The molecule has 0 aliphatic carbocycles. The summed E-state index contributed by atoms with van der Waals surface area (Å²) in [5.74, 6) is -0.0108. The van der Waals surface area contributed by atoms with Gasteiger partial charge in [0.05, 0.1) is 5.56 Å². The van der Waals surface area contributed by atoms with E-state index in [2.05, 4.69) is 4.98 Å². The van der Waals surface area contributed by atoms with Gasteiger partial charge < -0.3 is 10.6 Å². The maximum Gasteiger partial charge on any atom is 0.419 e. The molecule has 0 aromatic carbocycles. The van der Waals surface area contributed by atoms with Gasteiger partial charge in [0, 0.05) is 19.3 Å². The van der Waals surface area contributed by atoms with Crippen LogP contribution in [0.4, 0.5) is 19.0 Å². The summed E-state index contributed by atoms with van der Waals surface area (Å²) in [6, 6.07) is 2.38. The van der Waals surface area contributed by atoms with Crippen molar-refractivity contribution in [1.29, 1.82) is 0 Å². The molecular formula is C14H22F3N3. The number of nitrogens with two attached hydrogens (primary N) is 1. The first-order valence-electron chi connectivity index (χ1n) is 6.68. The van der Waals surface area contributed by atoms with Crippen LogP contribution in [0.2, 0.25) is 0 Å². The van der Waals surface area contributed by atoms with Gasteiger partial charge in [-0.1, -0.05) is 20.8 Å². The number of rotatable bonds is 6. The van der Waals surface area contributed by atoms with Crippen molar-refractivity contribution in [2.24, 2.45) is 11.1 Å². The average molecular weight is 289 g/mol. The topological polar surface area (TPSA) is 42.1 Å².